The zero-order valence-corrected chi connectivity index (χ0v) is 71.5. The molecule has 2 aliphatic carbocycles. The average Bonchev–Trinajstić information content (AvgIpc) is 1.57. The summed E-state index contributed by atoms with van der Waals surface area (Å²) >= 11 is 3.69. The van der Waals surface area contributed by atoms with Crippen LogP contribution in [0.1, 0.15) is 178 Å². The molecule has 12 aromatic rings. The van der Waals surface area contributed by atoms with Gasteiger partial charge >= 0.3 is 17.9 Å². The third-order valence-corrected chi connectivity index (χ3v) is 26.1. The Morgan fingerprint density at radius 2 is 0.625 bits per heavy atom. The van der Waals surface area contributed by atoms with Gasteiger partial charge in [0.15, 0.2) is 5.78 Å². The molecule has 13 heteroatoms. The number of carbonyl (C=O) groups is 4. The number of thiophene rings is 2. The minimum absolute atomic E-state index is 0.0762. The van der Waals surface area contributed by atoms with Gasteiger partial charge in [0, 0.05) is 65.9 Å². The van der Waals surface area contributed by atoms with Crippen LogP contribution in [0.25, 0.3) is 120 Å². The van der Waals surface area contributed by atoms with Crippen molar-refractivity contribution < 1.29 is 48.0 Å². The molecule has 120 heavy (non-hydrogen) atoms. The normalized spacial score (nSPS) is 12.8. The van der Waals surface area contributed by atoms with E-state index in [1.165, 1.54) is 127 Å². The van der Waals surface area contributed by atoms with Gasteiger partial charge in [-0.25, -0.2) is 14.4 Å². The predicted octanol–water partition coefficient (Wildman–Crippen LogP) is 27.3. The number of aliphatic hydroxyl groups excluding tert-OH is 1. The standard InChI is InChI=1S/C107H109NO10S2/c1-6-60-106(61-7-2)94-68-82(38-48-90(94)92-50-40-84(70-96(92)106)101-55-53-99(119-101)80-36-46-89(47-37-80)116-65-19-15-11-13-17-21-67-118-105(113)59-58-103(111)114-5)76-24-22-74(23-25-76)75-30-32-79(33-31-75)98-52-42-86(72-108-98)78-28-26-77(27-29-78)83-39-49-91-93-51-41-85(71-97(93)107(62-8-3,63-9-4)95(91)69-83)102-56-54-100(120-102)81-34-44-88(45-35-81)115-64-18-14-10-12-16-20-66-117-104(112)57-43-87(110)73-109/h22-59,68-72,109H,6-21,60-67,73H2,1-5H3/b57-43+,59-58+. The van der Waals surface area contributed by atoms with E-state index in [0.717, 1.165) is 187 Å². The smallest absolute Gasteiger partial charge is 0.331 e. The molecule has 11 nitrogen and oxygen atoms in total. The number of rotatable bonds is 42. The molecule has 0 fully saturated rings. The van der Waals surface area contributed by atoms with Crippen molar-refractivity contribution in [3.05, 3.63) is 283 Å². The van der Waals surface area contributed by atoms with Crippen LogP contribution in [0, 0.1) is 0 Å². The van der Waals surface area contributed by atoms with Gasteiger partial charge in [0.05, 0.1) is 39.2 Å². The monoisotopic (exact) mass is 1630 g/mol. The van der Waals surface area contributed by atoms with Crippen LogP contribution in [0.5, 0.6) is 11.5 Å². The Hall–Kier alpha value is -11.4. The number of fused-ring (bicyclic) bond motifs is 6. The number of ether oxygens (including phenoxy) is 5. The zero-order valence-electron chi connectivity index (χ0n) is 69.9. The van der Waals surface area contributed by atoms with Crippen LogP contribution >= 0.6 is 22.7 Å². The van der Waals surface area contributed by atoms with Crippen LogP contribution in [0.3, 0.4) is 0 Å². The third-order valence-electron chi connectivity index (χ3n) is 23.8. The molecule has 0 aliphatic heterocycles. The Morgan fingerprint density at radius 3 is 0.992 bits per heavy atom. The van der Waals surface area contributed by atoms with Crippen molar-refractivity contribution in [3.8, 4) is 131 Å². The lowest BCUT2D eigenvalue weighted by Crippen LogP contribution is -2.25. The first-order chi connectivity index (χ1) is 58.8. The van der Waals surface area contributed by atoms with Gasteiger partial charge in [-0.2, -0.15) is 0 Å². The van der Waals surface area contributed by atoms with Gasteiger partial charge in [0.1, 0.15) is 18.1 Å². The maximum Gasteiger partial charge on any atom is 0.331 e. The maximum atomic E-state index is 11.7. The summed E-state index contributed by atoms with van der Waals surface area (Å²) in [5.74, 6) is -0.437. The van der Waals surface area contributed by atoms with Gasteiger partial charge in [-0.05, 0) is 266 Å². The van der Waals surface area contributed by atoms with Gasteiger partial charge in [-0.1, -0.05) is 232 Å². The molecule has 614 valence electrons. The van der Waals surface area contributed by atoms with E-state index >= 15 is 0 Å². The number of hydrogen-bond acceptors (Lipinski definition) is 13. The summed E-state index contributed by atoms with van der Waals surface area (Å²) in [6.45, 7) is 10.7. The van der Waals surface area contributed by atoms with E-state index in [9.17, 15) is 19.2 Å². The van der Waals surface area contributed by atoms with E-state index in [-0.39, 0.29) is 10.8 Å². The molecular weight excluding hydrogens is 1520 g/mol. The lowest BCUT2D eigenvalue weighted by Gasteiger charge is -2.32. The molecule has 0 atom stereocenters. The van der Waals surface area contributed by atoms with Gasteiger partial charge < -0.3 is 28.8 Å². The average molecular weight is 1630 g/mol. The number of ketones is 1. The highest BCUT2D eigenvalue weighted by molar-refractivity contribution is 7.19. The van der Waals surface area contributed by atoms with E-state index in [2.05, 4.69) is 263 Å². The largest absolute Gasteiger partial charge is 0.494 e. The SMILES string of the molecule is CCCC1(CCC)c2cc(-c3ccc(-c4ccc(-c5ccc(-c6ccc(-c7ccc8c(c7)C(CCC)(CCC)c7cc(-c9ccc(-c%10ccc(OCCCCCCCCOC(=O)/C=C/C(=O)CO)cc%10)s9)ccc7-8)cc6)cn5)cc4)cc3)ccc2-c2ccc(-c3ccc(-c4ccc(OCCCCCCCCOC(=O)/C=C/C(=O)OC)cc4)s3)cc21. The zero-order chi connectivity index (χ0) is 83.2. The Bertz CT molecular complexity index is 5180. The van der Waals surface area contributed by atoms with Crippen molar-refractivity contribution in [3.63, 3.8) is 0 Å². The summed E-state index contributed by atoms with van der Waals surface area (Å²) in [4.78, 5) is 55.7. The Kier molecular flexibility index (Phi) is 29.1. The number of unbranched alkanes of at least 4 members (excludes halogenated alkanes) is 10. The number of nitrogens with zero attached hydrogens (tertiary/aromatic N) is 1. The van der Waals surface area contributed by atoms with Gasteiger partial charge in [0.2, 0.25) is 0 Å². The molecule has 3 aromatic heterocycles. The predicted molar refractivity (Wildman–Crippen MR) is 492 cm³/mol. The van der Waals surface area contributed by atoms with Crippen LogP contribution in [-0.2, 0) is 44.2 Å². The van der Waals surface area contributed by atoms with Crippen LogP contribution in [0.15, 0.2) is 261 Å². The first-order valence-corrected chi connectivity index (χ1v) is 44.9. The van der Waals surface area contributed by atoms with Crippen LogP contribution in [0.2, 0.25) is 0 Å². The molecule has 0 saturated heterocycles. The number of carbonyl (C=O) groups excluding carboxylic acids is 4. The molecule has 0 unspecified atom stereocenters. The van der Waals surface area contributed by atoms with Crippen molar-refractivity contribution in [2.24, 2.45) is 0 Å². The molecule has 0 amide bonds. The van der Waals surface area contributed by atoms with E-state index in [1.54, 1.807) is 0 Å². The second-order valence-corrected chi connectivity index (χ2v) is 34.0. The molecule has 14 rings (SSSR count). The molecule has 0 radical (unpaired) electrons. The summed E-state index contributed by atoms with van der Waals surface area (Å²) in [7, 11) is 1.27. The number of methoxy groups -OCH3 is 1. The fourth-order valence-corrected chi connectivity index (χ4v) is 19.8. The quantitative estimate of drug-likeness (QED) is 0.0169. The van der Waals surface area contributed by atoms with Crippen LogP contribution in [0.4, 0.5) is 0 Å². The van der Waals surface area contributed by atoms with Crippen molar-refractivity contribution in [1.29, 1.82) is 0 Å². The molecule has 1 N–H and O–H groups in total. The fraction of sp³-hybridized carbons (Fsp3) is 0.299. The van der Waals surface area contributed by atoms with Gasteiger partial charge in [0.25, 0.3) is 0 Å². The molecule has 0 bridgehead atoms. The molecule has 9 aromatic carbocycles. The second kappa shape index (κ2) is 41.1. The van der Waals surface area contributed by atoms with Crippen molar-refractivity contribution in [2.45, 2.75) is 167 Å². The highest BCUT2D eigenvalue weighted by Crippen LogP contribution is 2.58. The number of aliphatic hydroxyl groups is 1. The minimum atomic E-state index is -0.621. The highest BCUT2D eigenvalue weighted by atomic mass is 32.1. The van der Waals surface area contributed by atoms with Crippen LogP contribution < -0.4 is 9.47 Å². The molecule has 2 aliphatic rings. The van der Waals surface area contributed by atoms with E-state index in [1.807, 2.05) is 28.9 Å². The van der Waals surface area contributed by atoms with E-state index in [4.69, 9.17) is 29.0 Å². The number of hydrogen-bond donors (Lipinski definition) is 1. The Morgan fingerprint density at radius 1 is 0.325 bits per heavy atom. The highest BCUT2D eigenvalue weighted by Gasteiger charge is 2.44. The van der Waals surface area contributed by atoms with Crippen LogP contribution in [-0.4, -0.2) is 73.9 Å². The lowest BCUT2D eigenvalue weighted by molar-refractivity contribution is -0.139. The van der Waals surface area contributed by atoms with Gasteiger partial charge in [-0.15, -0.1) is 22.7 Å². The lowest BCUT2D eigenvalue weighted by atomic mass is 9.71. The number of aromatic nitrogens is 1. The van der Waals surface area contributed by atoms with Crippen molar-refractivity contribution in [1.82, 2.24) is 4.98 Å². The van der Waals surface area contributed by atoms with Crippen molar-refractivity contribution in [2.75, 3.05) is 40.1 Å². The van der Waals surface area contributed by atoms with E-state index < -0.39 is 30.3 Å². The summed E-state index contributed by atoms with van der Waals surface area (Å²) < 4.78 is 27.1. The molecule has 3 heterocycles. The Balaban J connectivity index is 0.562. The summed E-state index contributed by atoms with van der Waals surface area (Å²) in [5, 5.41) is 8.77. The minimum Gasteiger partial charge on any atom is -0.494 e. The first-order valence-electron chi connectivity index (χ1n) is 43.3. The third kappa shape index (κ3) is 20.2. The number of benzene rings is 9. The molecular formula is C107H109NO10S2. The second-order valence-electron chi connectivity index (χ2n) is 31.8. The molecule has 0 saturated carbocycles. The molecule has 0 spiro atoms. The summed E-state index contributed by atoms with van der Waals surface area (Å²) in [6, 6.07) is 86.3. The number of pyridine rings is 1. The fourth-order valence-electron chi connectivity index (χ4n) is 17.8. The Labute approximate surface area is 716 Å². The maximum absolute atomic E-state index is 11.7. The topological polar surface area (TPSA) is 148 Å². The summed E-state index contributed by atoms with van der Waals surface area (Å²) in [5.41, 5.74) is 27.5. The summed E-state index contributed by atoms with van der Waals surface area (Å²) in [6.07, 6.45) is 26.9. The first kappa shape index (κ1) is 85.1. The van der Waals surface area contributed by atoms with Gasteiger partial charge in [-0.3, -0.25) is 9.78 Å². The van der Waals surface area contributed by atoms with Crippen molar-refractivity contribution >= 4 is 46.4 Å². The van der Waals surface area contributed by atoms with E-state index in [0.29, 0.717) is 26.4 Å². The number of esters is 3.